The van der Waals surface area contributed by atoms with Gasteiger partial charge in [0.15, 0.2) is 0 Å². The van der Waals surface area contributed by atoms with Crippen LogP contribution in [0.25, 0.3) is 21.6 Å². The highest BCUT2D eigenvalue weighted by Gasteiger charge is 2.34. The fraction of sp³-hybridized carbons (Fsp3) is 0.241. The highest BCUT2D eigenvalue weighted by molar-refractivity contribution is 6.21. The van der Waals surface area contributed by atoms with Gasteiger partial charge in [-0.25, -0.2) is 4.79 Å². The van der Waals surface area contributed by atoms with E-state index in [2.05, 4.69) is 15.3 Å². The molecule has 0 radical (unpaired) electrons. The number of unbranched alkanes of at least 4 members (excludes halogenated alkanes) is 1. The summed E-state index contributed by atoms with van der Waals surface area (Å²) < 4.78 is 5.52. The molecule has 1 N–H and O–H groups in total. The fourth-order valence-corrected chi connectivity index (χ4v) is 5.21. The summed E-state index contributed by atoms with van der Waals surface area (Å²) in [6.07, 6.45) is 0.126. The van der Waals surface area contributed by atoms with Crippen LogP contribution in [0.2, 0.25) is 0 Å². The van der Waals surface area contributed by atoms with Crippen LogP contribution in [0.3, 0.4) is 0 Å². The molecule has 3 aromatic carbocycles. The van der Waals surface area contributed by atoms with Gasteiger partial charge in [0.1, 0.15) is 6.61 Å². The number of hydrogen-bond donors (Lipinski definition) is 1. The van der Waals surface area contributed by atoms with Gasteiger partial charge in [-0.05, 0) is 64.3 Å². The second-order valence-electron chi connectivity index (χ2n) is 9.35. The largest absolute Gasteiger partial charge is 0.449 e. The molecule has 4 amide bonds. The number of alkyl carbamates (subject to hydrolysis) is 1. The molecule has 39 heavy (non-hydrogen) atoms. The monoisotopic (exact) mass is 523 g/mol. The van der Waals surface area contributed by atoms with Crippen LogP contribution in [0, 0.1) is 0 Å². The number of ether oxygens (including phenoxy) is 1. The molecule has 0 spiro atoms. The van der Waals surface area contributed by atoms with E-state index in [9.17, 15) is 19.2 Å². The number of fused-ring (bicyclic) bond motifs is 4. The zero-order valence-corrected chi connectivity index (χ0v) is 20.9. The molecule has 2 aliphatic rings. The molecular formula is C29H25N5O5. The Balaban J connectivity index is 1.16. The molecule has 0 aromatic heterocycles. The van der Waals surface area contributed by atoms with Gasteiger partial charge in [-0.15, -0.1) is 0 Å². The van der Waals surface area contributed by atoms with Crippen molar-refractivity contribution in [2.75, 3.05) is 13.2 Å². The number of amides is 4. The molecule has 3 aromatic rings. The summed E-state index contributed by atoms with van der Waals surface area (Å²) in [7, 11) is 0. The van der Waals surface area contributed by atoms with E-state index in [1.54, 1.807) is 24.3 Å². The molecule has 10 nitrogen and oxygen atoms in total. The van der Waals surface area contributed by atoms with Gasteiger partial charge >= 0.3 is 6.09 Å². The average Bonchev–Trinajstić information content (AvgIpc) is 3.40. The third-order valence-corrected chi connectivity index (χ3v) is 7.08. The summed E-state index contributed by atoms with van der Waals surface area (Å²) in [5, 5.41) is 5.65. The lowest BCUT2D eigenvalue weighted by Gasteiger charge is -2.19. The molecule has 5 rings (SSSR count). The van der Waals surface area contributed by atoms with Gasteiger partial charge in [0, 0.05) is 17.4 Å². The van der Waals surface area contributed by atoms with Crippen LogP contribution in [0.1, 0.15) is 57.0 Å². The highest BCUT2D eigenvalue weighted by Crippen LogP contribution is 2.44. The van der Waals surface area contributed by atoms with E-state index in [-0.39, 0.29) is 37.3 Å². The van der Waals surface area contributed by atoms with Crippen molar-refractivity contribution in [3.63, 3.8) is 0 Å². The van der Waals surface area contributed by atoms with Gasteiger partial charge in [0.05, 0.1) is 17.2 Å². The number of imide groups is 1. The molecular weight excluding hydrogens is 498 g/mol. The first-order chi connectivity index (χ1) is 19.0. The van der Waals surface area contributed by atoms with Crippen LogP contribution in [-0.4, -0.2) is 47.9 Å². The number of carbonyl (C=O) groups is 4. The number of azide groups is 1. The molecule has 1 aliphatic heterocycles. The Morgan fingerprint density at radius 1 is 0.872 bits per heavy atom. The van der Waals surface area contributed by atoms with Gasteiger partial charge < -0.3 is 10.1 Å². The summed E-state index contributed by atoms with van der Waals surface area (Å²) >= 11 is 0. The maximum absolute atomic E-state index is 12.7. The van der Waals surface area contributed by atoms with E-state index in [1.807, 2.05) is 48.5 Å². The van der Waals surface area contributed by atoms with E-state index in [0.29, 0.717) is 24.0 Å². The van der Waals surface area contributed by atoms with Crippen molar-refractivity contribution in [3.05, 3.63) is 105 Å². The Morgan fingerprint density at radius 3 is 1.97 bits per heavy atom. The van der Waals surface area contributed by atoms with Crippen molar-refractivity contribution in [3.8, 4) is 11.1 Å². The summed E-state index contributed by atoms with van der Waals surface area (Å²) in [5.74, 6) is -1.69. The molecule has 0 fully saturated rings. The second-order valence-corrected chi connectivity index (χ2v) is 9.35. The molecule has 0 bridgehead atoms. The number of benzene rings is 3. The minimum Gasteiger partial charge on any atom is -0.449 e. The summed E-state index contributed by atoms with van der Waals surface area (Å²) in [5.41, 5.74) is 13.8. The Hall–Kier alpha value is -4.95. The summed E-state index contributed by atoms with van der Waals surface area (Å²) in [6.45, 7) is 0.238. The zero-order valence-electron chi connectivity index (χ0n) is 20.9. The highest BCUT2D eigenvalue weighted by atomic mass is 16.5. The number of rotatable bonds is 9. The minimum atomic E-state index is -1.10. The molecule has 0 saturated heterocycles. The Bertz CT molecular complexity index is 1430. The first-order valence-corrected chi connectivity index (χ1v) is 12.6. The smallest absolute Gasteiger partial charge is 0.407 e. The van der Waals surface area contributed by atoms with Crippen LogP contribution in [-0.2, 0) is 9.53 Å². The lowest BCUT2D eigenvalue weighted by atomic mass is 9.98. The summed E-state index contributed by atoms with van der Waals surface area (Å²) in [4.78, 5) is 53.8. The van der Waals surface area contributed by atoms with Gasteiger partial charge in [0.2, 0.25) is 5.91 Å². The SMILES string of the molecule is [N-]=[N+]=NC(=O)[C@H](CCCCN1C(=O)c2ccccc2C1=O)NC(=O)OCC1c2ccccc2-c2ccccc21. The van der Waals surface area contributed by atoms with Crippen molar-refractivity contribution in [2.24, 2.45) is 5.11 Å². The van der Waals surface area contributed by atoms with Crippen molar-refractivity contribution in [2.45, 2.75) is 31.2 Å². The molecule has 196 valence electrons. The quantitative estimate of drug-likeness (QED) is 0.135. The predicted molar refractivity (Wildman–Crippen MR) is 142 cm³/mol. The fourth-order valence-electron chi connectivity index (χ4n) is 5.21. The van der Waals surface area contributed by atoms with Crippen molar-refractivity contribution in [1.29, 1.82) is 0 Å². The van der Waals surface area contributed by atoms with Gasteiger partial charge in [-0.3, -0.25) is 19.3 Å². The number of nitrogens with zero attached hydrogens (tertiary/aromatic N) is 4. The topological polar surface area (TPSA) is 142 Å². The number of hydrogen-bond acceptors (Lipinski definition) is 5. The summed E-state index contributed by atoms with van der Waals surface area (Å²) in [6, 6.07) is 21.4. The third kappa shape index (κ3) is 5.10. The molecule has 0 unspecified atom stereocenters. The van der Waals surface area contributed by atoms with E-state index >= 15 is 0 Å². The third-order valence-electron chi connectivity index (χ3n) is 7.08. The van der Waals surface area contributed by atoms with Crippen molar-refractivity contribution >= 4 is 23.8 Å². The molecule has 0 saturated carbocycles. The maximum Gasteiger partial charge on any atom is 0.407 e. The molecule has 1 aliphatic carbocycles. The van der Waals surface area contributed by atoms with Gasteiger partial charge in [0.25, 0.3) is 11.8 Å². The Morgan fingerprint density at radius 2 is 1.41 bits per heavy atom. The van der Waals surface area contributed by atoms with Crippen molar-refractivity contribution in [1.82, 2.24) is 10.2 Å². The second kappa shape index (κ2) is 11.2. The molecule has 10 heteroatoms. The Kier molecular flexibility index (Phi) is 7.38. The van der Waals surface area contributed by atoms with Crippen LogP contribution in [0.5, 0.6) is 0 Å². The minimum absolute atomic E-state index is 0.0715. The molecule has 1 atom stereocenters. The van der Waals surface area contributed by atoms with Crippen LogP contribution in [0.15, 0.2) is 77.9 Å². The average molecular weight is 524 g/mol. The molecule has 1 heterocycles. The lowest BCUT2D eigenvalue weighted by Crippen LogP contribution is -2.41. The first-order valence-electron chi connectivity index (χ1n) is 12.6. The number of carbonyl (C=O) groups excluding carboxylic acids is 4. The standard InChI is InChI=1S/C29H25N5O5/c30-33-32-26(35)25(15-7-8-16-34-27(36)22-13-5-6-14-23(22)28(34)37)31-29(38)39-17-24-20-11-3-1-9-18(20)19-10-2-4-12-21(19)24/h1-6,9-14,24-25H,7-8,15-17H2,(H,31,38)/t25-/m0/s1. The first kappa shape index (κ1) is 25.7. The zero-order chi connectivity index (χ0) is 27.4. The number of nitrogens with one attached hydrogen (secondary N) is 1. The van der Waals surface area contributed by atoms with E-state index in [1.165, 1.54) is 4.90 Å². The predicted octanol–water partition coefficient (Wildman–Crippen LogP) is 5.20. The van der Waals surface area contributed by atoms with Crippen molar-refractivity contribution < 1.29 is 23.9 Å². The lowest BCUT2D eigenvalue weighted by molar-refractivity contribution is -0.120. The van der Waals surface area contributed by atoms with Crippen LogP contribution < -0.4 is 5.32 Å². The van der Waals surface area contributed by atoms with E-state index in [4.69, 9.17) is 10.3 Å². The van der Waals surface area contributed by atoms with Crippen LogP contribution in [0.4, 0.5) is 4.79 Å². The van der Waals surface area contributed by atoms with Gasteiger partial charge in [-0.2, -0.15) is 0 Å². The maximum atomic E-state index is 12.7. The van der Waals surface area contributed by atoms with E-state index < -0.39 is 18.0 Å². The Labute approximate surface area is 224 Å². The van der Waals surface area contributed by atoms with Gasteiger partial charge in [-0.1, -0.05) is 60.7 Å². The normalized spacial score (nSPS) is 14.2. The van der Waals surface area contributed by atoms with E-state index in [0.717, 1.165) is 22.3 Å². The van der Waals surface area contributed by atoms with Crippen LogP contribution >= 0.6 is 0 Å².